The molecule has 1 aromatic carbocycles. The van der Waals surface area contributed by atoms with Gasteiger partial charge in [-0.15, -0.1) is 0 Å². The zero-order valence-corrected chi connectivity index (χ0v) is 11.1. The van der Waals surface area contributed by atoms with Gasteiger partial charge in [-0.3, -0.25) is 0 Å². The van der Waals surface area contributed by atoms with E-state index >= 15 is 0 Å². The van der Waals surface area contributed by atoms with Crippen LogP contribution in [0.2, 0.25) is 5.15 Å². The van der Waals surface area contributed by atoms with Gasteiger partial charge in [-0.25, -0.2) is 15.0 Å². The fourth-order valence-corrected chi connectivity index (χ4v) is 3.01. The monoisotopic (exact) mass is 287 g/mol. The maximum atomic E-state index is 6.02. The number of hydrogen-bond acceptors (Lipinski definition) is 5. The Labute approximate surface area is 116 Å². The van der Waals surface area contributed by atoms with Gasteiger partial charge in [0.25, 0.3) is 0 Å². The Kier molecular flexibility index (Phi) is 2.27. The Hall–Kier alpha value is -2.05. The Bertz CT molecular complexity index is 864. The molecule has 4 rings (SSSR count). The molecule has 3 aromatic heterocycles. The van der Waals surface area contributed by atoms with Gasteiger partial charge < -0.3 is 0 Å². The highest BCUT2D eigenvalue weighted by molar-refractivity contribution is 7.20. The summed E-state index contributed by atoms with van der Waals surface area (Å²) in [5, 5.41) is 6.19. The minimum atomic E-state index is 0.400. The van der Waals surface area contributed by atoms with Gasteiger partial charge in [-0.1, -0.05) is 35.1 Å². The fourth-order valence-electron chi connectivity index (χ4n) is 1.91. The summed E-state index contributed by atoms with van der Waals surface area (Å²) >= 11 is 7.58. The molecule has 0 fully saturated rings. The van der Waals surface area contributed by atoms with Crippen LogP contribution in [0.1, 0.15) is 0 Å². The number of thiazole rings is 1. The average molecular weight is 288 g/mol. The minimum absolute atomic E-state index is 0.400. The van der Waals surface area contributed by atoms with Gasteiger partial charge in [0.2, 0.25) is 5.13 Å². The highest BCUT2D eigenvalue weighted by Crippen LogP contribution is 2.27. The number of hydrogen-bond donors (Lipinski definition) is 0. The van der Waals surface area contributed by atoms with Crippen LogP contribution in [0.3, 0.4) is 0 Å². The third kappa shape index (κ3) is 1.61. The van der Waals surface area contributed by atoms with E-state index in [9.17, 15) is 0 Å². The number of nitrogens with zero attached hydrogens (tertiary/aromatic N) is 5. The maximum absolute atomic E-state index is 6.02. The molecule has 0 N–H and O–H groups in total. The van der Waals surface area contributed by atoms with Crippen molar-refractivity contribution in [2.24, 2.45) is 0 Å². The first-order valence-corrected chi connectivity index (χ1v) is 6.72. The van der Waals surface area contributed by atoms with Crippen LogP contribution in [-0.4, -0.2) is 24.7 Å². The maximum Gasteiger partial charge on any atom is 0.213 e. The summed E-state index contributed by atoms with van der Waals surface area (Å²) in [6.07, 6.45) is 3.08. The second kappa shape index (κ2) is 3.97. The number of fused-ring (bicyclic) bond motifs is 2. The highest BCUT2D eigenvalue weighted by atomic mass is 35.5. The first-order valence-electron chi connectivity index (χ1n) is 5.53. The van der Waals surface area contributed by atoms with Crippen LogP contribution in [0.4, 0.5) is 0 Å². The van der Waals surface area contributed by atoms with Gasteiger partial charge in [0.15, 0.2) is 5.65 Å². The zero-order chi connectivity index (χ0) is 12.8. The van der Waals surface area contributed by atoms with Crippen molar-refractivity contribution in [1.29, 1.82) is 0 Å². The van der Waals surface area contributed by atoms with Crippen LogP contribution < -0.4 is 0 Å². The Morgan fingerprint density at radius 1 is 1.16 bits per heavy atom. The summed E-state index contributed by atoms with van der Waals surface area (Å²) < 4.78 is 2.80. The fraction of sp³-hybridized carbons (Fsp3) is 0. The number of benzene rings is 1. The predicted molar refractivity (Wildman–Crippen MR) is 74.8 cm³/mol. The van der Waals surface area contributed by atoms with Crippen LogP contribution in [0.15, 0.2) is 36.8 Å². The van der Waals surface area contributed by atoms with Crippen LogP contribution >= 0.6 is 22.9 Å². The van der Waals surface area contributed by atoms with Gasteiger partial charge in [-0.2, -0.15) is 9.78 Å². The van der Waals surface area contributed by atoms with Gasteiger partial charge in [-0.05, 0) is 12.1 Å². The van der Waals surface area contributed by atoms with Crippen molar-refractivity contribution in [2.45, 2.75) is 0 Å². The molecule has 0 atom stereocenters. The molecule has 0 saturated heterocycles. The summed E-state index contributed by atoms with van der Waals surface area (Å²) in [6.45, 7) is 0. The predicted octanol–water partition coefficient (Wildman–Crippen LogP) is 3.08. The largest absolute Gasteiger partial charge is 0.224 e. The molecule has 92 valence electrons. The van der Waals surface area contributed by atoms with Crippen LogP contribution in [0.25, 0.3) is 26.4 Å². The van der Waals surface area contributed by atoms with Crippen LogP contribution in [0, 0.1) is 0 Å². The minimum Gasteiger partial charge on any atom is -0.224 e. The molecule has 19 heavy (non-hydrogen) atoms. The van der Waals surface area contributed by atoms with Crippen molar-refractivity contribution >= 4 is 44.2 Å². The molecule has 0 spiro atoms. The summed E-state index contributed by atoms with van der Waals surface area (Å²) in [5.74, 6) is 0. The van der Waals surface area contributed by atoms with E-state index in [0.717, 1.165) is 20.7 Å². The first kappa shape index (κ1) is 10.8. The highest BCUT2D eigenvalue weighted by Gasteiger charge is 2.12. The lowest BCUT2D eigenvalue weighted by Crippen LogP contribution is -1.96. The topological polar surface area (TPSA) is 56.5 Å². The van der Waals surface area contributed by atoms with Gasteiger partial charge in [0.1, 0.15) is 11.5 Å². The lowest BCUT2D eigenvalue weighted by molar-refractivity contribution is 0.887. The summed E-state index contributed by atoms with van der Waals surface area (Å²) in [7, 11) is 0. The summed E-state index contributed by atoms with van der Waals surface area (Å²) in [6, 6.07) is 7.96. The van der Waals surface area contributed by atoms with E-state index in [0.29, 0.717) is 10.8 Å². The molecule has 4 aromatic rings. The van der Waals surface area contributed by atoms with Crippen molar-refractivity contribution in [3.63, 3.8) is 0 Å². The molecule has 5 nitrogen and oxygen atoms in total. The van der Waals surface area contributed by atoms with E-state index in [1.165, 1.54) is 6.33 Å². The molecule has 3 heterocycles. The second-order valence-corrected chi connectivity index (χ2v) is 5.29. The molecule has 0 aliphatic rings. The van der Waals surface area contributed by atoms with E-state index in [4.69, 9.17) is 11.6 Å². The van der Waals surface area contributed by atoms with Crippen molar-refractivity contribution in [2.75, 3.05) is 0 Å². The van der Waals surface area contributed by atoms with E-state index in [2.05, 4.69) is 20.1 Å². The third-order valence-electron chi connectivity index (χ3n) is 2.78. The molecule has 7 heteroatoms. The molecule has 0 bridgehead atoms. The number of para-hydroxylation sites is 1. The van der Waals surface area contributed by atoms with Crippen molar-refractivity contribution < 1.29 is 0 Å². The normalized spacial score (nSPS) is 11.4. The summed E-state index contributed by atoms with van der Waals surface area (Å²) in [5.41, 5.74) is 1.62. The van der Waals surface area contributed by atoms with Gasteiger partial charge in [0, 0.05) is 0 Å². The molecule has 0 unspecified atom stereocenters. The standard InChI is InChI=1S/C12H6ClN5S/c13-10-7-5-16-18(11(7)15-6-14-10)12-17-8-3-1-2-4-9(8)19-12/h1-6H. The van der Waals surface area contributed by atoms with E-state index in [1.807, 2.05) is 24.3 Å². The van der Waals surface area contributed by atoms with E-state index < -0.39 is 0 Å². The lowest BCUT2D eigenvalue weighted by atomic mass is 10.3. The SMILES string of the molecule is Clc1ncnc2c1cnn2-c1nc2ccccc2s1. The van der Waals surface area contributed by atoms with E-state index in [-0.39, 0.29) is 0 Å². The molecule has 0 aliphatic heterocycles. The first-order chi connectivity index (χ1) is 9.33. The summed E-state index contributed by atoms with van der Waals surface area (Å²) in [4.78, 5) is 12.7. The molecular formula is C12H6ClN5S. The smallest absolute Gasteiger partial charge is 0.213 e. The zero-order valence-electron chi connectivity index (χ0n) is 9.49. The lowest BCUT2D eigenvalue weighted by Gasteiger charge is -1.96. The molecule has 0 radical (unpaired) electrons. The van der Waals surface area contributed by atoms with Crippen molar-refractivity contribution in [3.05, 3.63) is 41.9 Å². The third-order valence-corrected chi connectivity index (χ3v) is 4.09. The van der Waals surface area contributed by atoms with Gasteiger partial charge in [0.05, 0.1) is 21.8 Å². The quantitative estimate of drug-likeness (QED) is 0.505. The molecule has 0 saturated carbocycles. The Morgan fingerprint density at radius 3 is 2.95 bits per heavy atom. The Balaban J connectivity index is 2.01. The van der Waals surface area contributed by atoms with Crippen molar-refractivity contribution in [1.82, 2.24) is 24.7 Å². The number of rotatable bonds is 1. The Morgan fingerprint density at radius 2 is 2.05 bits per heavy atom. The van der Waals surface area contributed by atoms with Gasteiger partial charge >= 0.3 is 0 Å². The molecular weight excluding hydrogens is 282 g/mol. The molecule has 0 aliphatic carbocycles. The van der Waals surface area contributed by atoms with Crippen LogP contribution in [-0.2, 0) is 0 Å². The second-order valence-electron chi connectivity index (χ2n) is 3.92. The number of halogens is 1. The van der Waals surface area contributed by atoms with E-state index in [1.54, 1.807) is 22.2 Å². The number of aromatic nitrogens is 5. The molecule has 0 amide bonds. The van der Waals surface area contributed by atoms with Crippen molar-refractivity contribution in [3.8, 4) is 5.13 Å². The van der Waals surface area contributed by atoms with Crippen LogP contribution in [0.5, 0.6) is 0 Å². The average Bonchev–Trinajstić information content (AvgIpc) is 3.02.